The number of hydrogen-bond acceptors (Lipinski definition) is 5. The van der Waals surface area contributed by atoms with Crippen LogP contribution in [0.15, 0.2) is 29.3 Å². The molecule has 0 spiro atoms. The third-order valence-corrected chi connectivity index (χ3v) is 2.40. The zero-order valence-corrected chi connectivity index (χ0v) is 10.2. The summed E-state index contributed by atoms with van der Waals surface area (Å²) in [6.07, 6.45) is 6.55. The molecule has 0 aliphatic rings. The lowest BCUT2D eigenvalue weighted by atomic mass is 10.2. The Bertz CT molecular complexity index is 483. The minimum absolute atomic E-state index is 0.198. The number of aromatic nitrogens is 4. The Morgan fingerprint density at radius 2 is 1.75 bits per heavy atom. The summed E-state index contributed by atoms with van der Waals surface area (Å²) in [5, 5.41) is 0. The average molecular weight is 280 g/mol. The Balaban J connectivity index is 2.51. The summed E-state index contributed by atoms with van der Waals surface area (Å²) >= 11 is 3.28. The number of nitrogens with two attached hydrogens (primary N) is 1. The predicted molar refractivity (Wildman–Crippen MR) is 63.4 cm³/mol. The van der Waals surface area contributed by atoms with Gasteiger partial charge in [0.2, 0.25) is 0 Å². The molecule has 16 heavy (non-hydrogen) atoms. The van der Waals surface area contributed by atoms with Gasteiger partial charge in [-0.3, -0.25) is 4.98 Å². The first-order valence-electron chi connectivity index (χ1n) is 4.73. The van der Waals surface area contributed by atoms with E-state index in [4.69, 9.17) is 5.73 Å². The maximum absolute atomic E-state index is 5.81. The van der Waals surface area contributed by atoms with Crippen molar-refractivity contribution in [2.45, 2.75) is 13.0 Å². The van der Waals surface area contributed by atoms with Crippen LogP contribution in [0.5, 0.6) is 0 Å². The van der Waals surface area contributed by atoms with Crippen LogP contribution in [0.4, 0.5) is 0 Å². The normalized spacial score (nSPS) is 12.4. The van der Waals surface area contributed by atoms with Gasteiger partial charge in [-0.1, -0.05) is 0 Å². The van der Waals surface area contributed by atoms with Crippen LogP contribution in [0.2, 0.25) is 0 Å². The Morgan fingerprint density at radius 3 is 2.38 bits per heavy atom. The molecule has 2 rings (SSSR count). The van der Waals surface area contributed by atoms with Crippen LogP contribution in [0.3, 0.4) is 0 Å². The molecule has 2 aromatic rings. The summed E-state index contributed by atoms with van der Waals surface area (Å²) < 4.78 is 0.822. The van der Waals surface area contributed by atoms with Crippen LogP contribution in [0.1, 0.15) is 18.7 Å². The van der Waals surface area contributed by atoms with Crippen LogP contribution in [-0.2, 0) is 0 Å². The van der Waals surface area contributed by atoms with Gasteiger partial charge in [0.05, 0.1) is 10.2 Å². The molecule has 82 valence electrons. The summed E-state index contributed by atoms with van der Waals surface area (Å²) in [4.78, 5) is 16.8. The molecule has 0 radical (unpaired) electrons. The van der Waals surface area contributed by atoms with Gasteiger partial charge < -0.3 is 5.73 Å². The second-order valence-electron chi connectivity index (χ2n) is 3.30. The third-order valence-electron chi connectivity index (χ3n) is 1.99. The zero-order valence-electron chi connectivity index (χ0n) is 8.63. The van der Waals surface area contributed by atoms with Crippen molar-refractivity contribution in [1.29, 1.82) is 0 Å². The SMILES string of the molecule is CC(N)c1nccnc1-c1ncc(Br)cn1. The standard InChI is InChI=1S/C10H10BrN5/c1-6(12)8-9(14-3-2-13-8)10-15-4-7(11)5-16-10/h2-6H,12H2,1H3. The van der Waals surface area contributed by atoms with Crippen LogP contribution in [0.25, 0.3) is 11.5 Å². The number of nitrogens with zero attached hydrogens (tertiary/aromatic N) is 4. The molecule has 6 heteroatoms. The summed E-state index contributed by atoms with van der Waals surface area (Å²) in [6.45, 7) is 1.85. The summed E-state index contributed by atoms with van der Waals surface area (Å²) in [7, 11) is 0. The summed E-state index contributed by atoms with van der Waals surface area (Å²) in [6, 6.07) is -0.198. The van der Waals surface area contributed by atoms with Crippen molar-refractivity contribution in [3.05, 3.63) is 35.0 Å². The van der Waals surface area contributed by atoms with E-state index in [1.165, 1.54) is 0 Å². The molecular formula is C10H10BrN5. The van der Waals surface area contributed by atoms with Crippen LogP contribution >= 0.6 is 15.9 Å². The fraction of sp³-hybridized carbons (Fsp3) is 0.200. The van der Waals surface area contributed by atoms with Crippen molar-refractivity contribution in [2.75, 3.05) is 0 Å². The van der Waals surface area contributed by atoms with Gasteiger partial charge in [-0.15, -0.1) is 0 Å². The minimum Gasteiger partial charge on any atom is -0.323 e. The fourth-order valence-corrected chi connectivity index (χ4v) is 1.49. The van der Waals surface area contributed by atoms with E-state index in [9.17, 15) is 0 Å². The van der Waals surface area contributed by atoms with Gasteiger partial charge in [0.1, 0.15) is 5.69 Å². The van der Waals surface area contributed by atoms with Crippen molar-refractivity contribution < 1.29 is 0 Å². The van der Waals surface area contributed by atoms with E-state index in [0.29, 0.717) is 17.2 Å². The fourth-order valence-electron chi connectivity index (χ4n) is 1.29. The molecule has 0 amide bonds. The molecule has 0 aliphatic carbocycles. The lowest BCUT2D eigenvalue weighted by Gasteiger charge is -2.08. The van der Waals surface area contributed by atoms with Gasteiger partial charge in [-0.05, 0) is 22.9 Å². The highest BCUT2D eigenvalue weighted by atomic mass is 79.9. The Hall–Kier alpha value is -1.40. The van der Waals surface area contributed by atoms with Crippen molar-refractivity contribution in [3.63, 3.8) is 0 Å². The van der Waals surface area contributed by atoms with E-state index < -0.39 is 0 Å². The van der Waals surface area contributed by atoms with Gasteiger partial charge in [0.15, 0.2) is 5.82 Å². The third kappa shape index (κ3) is 2.23. The zero-order chi connectivity index (χ0) is 11.5. The number of rotatable bonds is 2. The molecule has 1 atom stereocenters. The molecule has 2 heterocycles. The van der Waals surface area contributed by atoms with E-state index in [1.54, 1.807) is 24.8 Å². The Kier molecular flexibility index (Phi) is 3.21. The van der Waals surface area contributed by atoms with Crippen molar-refractivity contribution in [1.82, 2.24) is 19.9 Å². The van der Waals surface area contributed by atoms with E-state index >= 15 is 0 Å². The monoisotopic (exact) mass is 279 g/mol. The molecule has 1 unspecified atom stereocenters. The maximum Gasteiger partial charge on any atom is 0.180 e. The van der Waals surface area contributed by atoms with E-state index in [-0.39, 0.29) is 6.04 Å². The van der Waals surface area contributed by atoms with Crippen LogP contribution in [0, 0.1) is 0 Å². The number of hydrogen-bond donors (Lipinski definition) is 1. The molecule has 5 nitrogen and oxygen atoms in total. The first kappa shape index (κ1) is 11.1. The van der Waals surface area contributed by atoms with Gasteiger partial charge in [-0.2, -0.15) is 0 Å². The van der Waals surface area contributed by atoms with Crippen LogP contribution in [-0.4, -0.2) is 19.9 Å². The summed E-state index contributed by atoms with van der Waals surface area (Å²) in [5.74, 6) is 0.531. The van der Waals surface area contributed by atoms with Gasteiger partial charge in [0, 0.05) is 30.8 Å². The molecule has 2 aromatic heterocycles. The second-order valence-corrected chi connectivity index (χ2v) is 4.22. The van der Waals surface area contributed by atoms with E-state index in [1.807, 2.05) is 6.92 Å². The lowest BCUT2D eigenvalue weighted by molar-refractivity contribution is 0.773. The first-order valence-corrected chi connectivity index (χ1v) is 5.52. The lowest BCUT2D eigenvalue weighted by Crippen LogP contribution is -2.10. The Labute approximate surface area is 101 Å². The molecule has 0 aromatic carbocycles. The molecule has 0 fully saturated rings. The molecule has 0 aliphatic heterocycles. The topological polar surface area (TPSA) is 77.6 Å². The van der Waals surface area contributed by atoms with Gasteiger partial charge in [-0.25, -0.2) is 15.0 Å². The number of halogens is 1. The maximum atomic E-state index is 5.81. The van der Waals surface area contributed by atoms with E-state index in [0.717, 1.165) is 4.47 Å². The largest absolute Gasteiger partial charge is 0.323 e. The van der Waals surface area contributed by atoms with Gasteiger partial charge >= 0.3 is 0 Å². The first-order chi connectivity index (χ1) is 7.68. The van der Waals surface area contributed by atoms with Crippen molar-refractivity contribution >= 4 is 15.9 Å². The highest BCUT2D eigenvalue weighted by molar-refractivity contribution is 9.10. The predicted octanol–water partition coefficient (Wildman–Crippen LogP) is 1.72. The highest BCUT2D eigenvalue weighted by Gasteiger charge is 2.13. The molecule has 0 saturated heterocycles. The molecule has 2 N–H and O–H groups in total. The summed E-state index contributed by atoms with van der Waals surface area (Å²) in [5.41, 5.74) is 7.14. The van der Waals surface area contributed by atoms with E-state index in [2.05, 4.69) is 35.9 Å². The smallest absolute Gasteiger partial charge is 0.180 e. The van der Waals surface area contributed by atoms with Crippen molar-refractivity contribution in [2.24, 2.45) is 5.73 Å². The average Bonchev–Trinajstić information content (AvgIpc) is 2.30. The van der Waals surface area contributed by atoms with Crippen LogP contribution < -0.4 is 5.73 Å². The molecule has 0 saturated carbocycles. The van der Waals surface area contributed by atoms with Gasteiger partial charge in [0.25, 0.3) is 0 Å². The highest BCUT2D eigenvalue weighted by Crippen LogP contribution is 2.20. The minimum atomic E-state index is -0.198. The molecular weight excluding hydrogens is 270 g/mol. The molecule has 0 bridgehead atoms. The Morgan fingerprint density at radius 1 is 1.12 bits per heavy atom. The quantitative estimate of drug-likeness (QED) is 0.906. The van der Waals surface area contributed by atoms with Crippen molar-refractivity contribution in [3.8, 4) is 11.5 Å². The second kappa shape index (κ2) is 4.63.